The summed E-state index contributed by atoms with van der Waals surface area (Å²) in [6.45, 7) is 5.94. The largest absolute Gasteiger partial charge is 0.350 e. The van der Waals surface area contributed by atoms with Crippen LogP contribution in [0.2, 0.25) is 5.02 Å². The van der Waals surface area contributed by atoms with E-state index in [0.29, 0.717) is 11.6 Å². The summed E-state index contributed by atoms with van der Waals surface area (Å²) in [5.74, 6) is -0.239. The van der Waals surface area contributed by atoms with Crippen LogP contribution in [0, 0.1) is 0 Å². The van der Waals surface area contributed by atoms with E-state index in [-0.39, 0.29) is 24.4 Å². The molecule has 110 valence electrons. The van der Waals surface area contributed by atoms with Gasteiger partial charge in [-0.1, -0.05) is 30.7 Å². The lowest BCUT2D eigenvalue weighted by Gasteiger charge is -2.26. The van der Waals surface area contributed by atoms with Gasteiger partial charge in [0.15, 0.2) is 0 Å². The zero-order chi connectivity index (χ0) is 15.1. The molecule has 0 saturated carbocycles. The molecule has 0 bridgehead atoms. The van der Waals surface area contributed by atoms with Crippen molar-refractivity contribution >= 4 is 23.4 Å². The zero-order valence-corrected chi connectivity index (χ0v) is 12.9. The van der Waals surface area contributed by atoms with Crippen LogP contribution in [0.1, 0.15) is 32.8 Å². The molecule has 0 fully saturated rings. The van der Waals surface area contributed by atoms with E-state index in [9.17, 15) is 9.59 Å². The summed E-state index contributed by atoms with van der Waals surface area (Å²) in [6, 6.07) is 7.35. The molecule has 0 aliphatic carbocycles. The normalized spacial score (nSPS) is 11.8. The molecule has 1 aromatic carbocycles. The van der Waals surface area contributed by atoms with Gasteiger partial charge in [0.1, 0.15) is 0 Å². The minimum absolute atomic E-state index is 0.0637. The highest BCUT2D eigenvalue weighted by atomic mass is 35.5. The molecule has 1 atom stereocenters. The molecule has 5 heteroatoms. The molecule has 1 aromatic rings. The molecular weight excluding hydrogens is 276 g/mol. The predicted molar refractivity (Wildman–Crippen MR) is 80.4 cm³/mol. The second-order valence-electron chi connectivity index (χ2n) is 4.81. The Morgan fingerprint density at radius 2 is 1.90 bits per heavy atom. The monoisotopic (exact) mass is 296 g/mol. The molecule has 1 N–H and O–H groups in total. The number of benzene rings is 1. The summed E-state index contributed by atoms with van der Waals surface area (Å²) >= 11 is 5.80. The Balaban J connectivity index is 2.49. The van der Waals surface area contributed by atoms with E-state index in [2.05, 4.69) is 5.32 Å². The van der Waals surface area contributed by atoms with Crippen LogP contribution in [0.25, 0.3) is 0 Å². The Labute approximate surface area is 125 Å². The van der Waals surface area contributed by atoms with Crippen LogP contribution in [0.15, 0.2) is 24.3 Å². The van der Waals surface area contributed by atoms with E-state index in [1.165, 1.54) is 6.92 Å². The van der Waals surface area contributed by atoms with E-state index >= 15 is 0 Å². The summed E-state index contributed by atoms with van der Waals surface area (Å²) in [6.07, 6.45) is 0.823. The maximum Gasteiger partial charge on any atom is 0.239 e. The van der Waals surface area contributed by atoms with Crippen LogP contribution in [0.3, 0.4) is 0 Å². The second-order valence-corrected chi connectivity index (χ2v) is 5.24. The lowest BCUT2D eigenvalue weighted by molar-refractivity contribution is -0.136. The van der Waals surface area contributed by atoms with Crippen molar-refractivity contribution in [2.75, 3.05) is 6.54 Å². The molecule has 1 unspecified atom stereocenters. The van der Waals surface area contributed by atoms with Crippen molar-refractivity contribution in [3.8, 4) is 0 Å². The van der Waals surface area contributed by atoms with Crippen molar-refractivity contribution in [2.24, 2.45) is 0 Å². The molecule has 0 heterocycles. The first-order valence-electron chi connectivity index (χ1n) is 6.72. The van der Waals surface area contributed by atoms with Crippen molar-refractivity contribution in [2.45, 2.75) is 39.8 Å². The van der Waals surface area contributed by atoms with Crippen molar-refractivity contribution < 1.29 is 9.59 Å². The SMILES string of the molecule is CCC(C)N(CC(=O)NCc1ccc(Cl)cc1)C(C)=O. The quantitative estimate of drug-likeness (QED) is 0.877. The van der Waals surface area contributed by atoms with Gasteiger partial charge in [-0.3, -0.25) is 9.59 Å². The molecule has 0 aromatic heterocycles. The number of amides is 2. The molecule has 2 amide bonds. The minimum Gasteiger partial charge on any atom is -0.350 e. The summed E-state index contributed by atoms with van der Waals surface area (Å²) in [5, 5.41) is 3.47. The second kappa shape index (κ2) is 7.90. The number of carbonyl (C=O) groups excluding carboxylic acids is 2. The third kappa shape index (κ3) is 5.21. The lowest BCUT2D eigenvalue weighted by atomic mass is 10.2. The molecular formula is C15H21ClN2O2. The maximum atomic E-state index is 11.9. The van der Waals surface area contributed by atoms with E-state index in [4.69, 9.17) is 11.6 Å². The van der Waals surface area contributed by atoms with Gasteiger partial charge >= 0.3 is 0 Å². The first-order valence-corrected chi connectivity index (χ1v) is 7.10. The summed E-state index contributed by atoms with van der Waals surface area (Å²) < 4.78 is 0. The zero-order valence-electron chi connectivity index (χ0n) is 12.1. The number of nitrogens with one attached hydrogen (secondary N) is 1. The van der Waals surface area contributed by atoms with Crippen LogP contribution < -0.4 is 5.32 Å². The Morgan fingerprint density at radius 3 is 2.40 bits per heavy atom. The first kappa shape index (κ1) is 16.5. The van der Waals surface area contributed by atoms with Crippen LogP contribution in [0.5, 0.6) is 0 Å². The van der Waals surface area contributed by atoms with Gasteiger partial charge in [-0.25, -0.2) is 0 Å². The Bertz CT molecular complexity index is 459. The highest BCUT2D eigenvalue weighted by molar-refractivity contribution is 6.30. The van der Waals surface area contributed by atoms with Gasteiger partial charge in [0.25, 0.3) is 0 Å². The molecule has 0 aliphatic rings. The van der Waals surface area contributed by atoms with Crippen molar-refractivity contribution in [3.05, 3.63) is 34.9 Å². The first-order chi connectivity index (χ1) is 9.43. The number of nitrogens with zero attached hydrogens (tertiary/aromatic N) is 1. The Kier molecular flexibility index (Phi) is 6.52. The molecule has 1 rings (SSSR count). The summed E-state index contributed by atoms with van der Waals surface area (Å²) in [7, 11) is 0. The highest BCUT2D eigenvalue weighted by Gasteiger charge is 2.18. The van der Waals surface area contributed by atoms with Gasteiger partial charge in [-0.05, 0) is 31.0 Å². The molecule has 0 saturated heterocycles. The van der Waals surface area contributed by atoms with E-state index in [0.717, 1.165) is 12.0 Å². The number of hydrogen-bond donors (Lipinski definition) is 1. The van der Waals surface area contributed by atoms with Gasteiger partial charge in [0.05, 0.1) is 6.54 Å². The lowest BCUT2D eigenvalue weighted by Crippen LogP contribution is -2.44. The average Bonchev–Trinajstić information content (AvgIpc) is 2.43. The predicted octanol–water partition coefficient (Wildman–Crippen LogP) is 2.60. The number of hydrogen-bond acceptors (Lipinski definition) is 2. The third-order valence-electron chi connectivity index (χ3n) is 3.24. The fourth-order valence-corrected chi connectivity index (χ4v) is 1.94. The fourth-order valence-electron chi connectivity index (χ4n) is 1.81. The van der Waals surface area contributed by atoms with Crippen LogP contribution >= 0.6 is 11.6 Å². The van der Waals surface area contributed by atoms with Crippen molar-refractivity contribution in [1.82, 2.24) is 10.2 Å². The van der Waals surface area contributed by atoms with Crippen LogP contribution in [-0.2, 0) is 16.1 Å². The van der Waals surface area contributed by atoms with Crippen molar-refractivity contribution in [1.29, 1.82) is 0 Å². The Hall–Kier alpha value is -1.55. The van der Waals surface area contributed by atoms with E-state index in [1.54, 1.807) is 17.0 Å². The standard InChI is InChI=1S/C15H21ClN2O2/c1-4-11(2)18(12(3)19)10-15(20)17-9-13-5-7-14(16)8-6-13/h5-8,11H,4,9-10H2,1-3H3,(H,17,20). The summed E-state index contributed by atoms with van der Waals surface area (Å²) in [4.78, 5) is 25.0. The molecule has 0 spiro atoms. The summed E-state index contributed by atoms with van der Waals surface area (Å²) in [5.41, 5.74) is 0.973. The van der Waals surface area contributed by atoms with Crippen LogP contribution in [-0.4, -0.2) is 29.3 Å². The average molecular weight is 297 g/mol. The smallest absolute Gasteiger partial charge is 0.239 e. The third-order valence-corrected chi connectivity index (χ3v) is 3.50. The van der Waals surface area contributed by atoms with Crippen LogP contribution in [0.4, 0.5) is 0 Å². The van der Waals surface area contributed by atoms with Gasteiger partial charge in [-0.2, -0.15) is 0 Å². The number of rotatable bonds is 6. The van der Waals surface area contributed by atoms with Gasteiger partial charge in [0.2, 0.25) is 11.8 Å². The molecule has 0 radical (unpaired) electrons. The topological polar surface area (TPSA) is 49.4 Å². The molecule has 20 heavy (non-hydrogen) atoms. The van der Waals surface area contributed by atoms with Crippen molar-refractivity contribution in [3.63, 3.8) is 0 Å². The van der Waals surface area contributed by atoms with Gasteiger partial charge < -0.3 is 10.2 Å². The van der Waals surface area contributed by atoms with E-state index < -0.39 is 0 Å². The maximum absolute atomic E-state index is 11.9. The number of halogens is 1. The number of carbonyl (C=O) groups is 2. The van der Waals surface area contributed by atoms with Gasteiger partial charge in [-0.15, -0.1) is 0 Å². The fraction of sp³-hybridized carbons (Fsp3) is 0.467. The van der Waals surface area contributed by atoms with Gasteiger partial charge in [0, 0.05) is 24.5 Å². The highest BCUT2D eigenvalue weighted by Crippen LogP contribution is 2.09. The Morgan fingerprint density at radius 1 is 1.30 bits per heavy atom. The minimum atomic E-state index is -0.157. The molecule has 4 nitrogen and oxygen atoms in total. The van der Waals surface area contributed by atoms with E-state index in [1.807, 2.05) is 26.0 Å². The molecule has 0 aliphatic heterocycles.